The minimum Gasteiger partial charge on any atom is -0.508 e. The highest BCUT2D eigenvalue weighted by Crippen LogP contribution is 2.13. The molecule has 4 nitrogen and oxygen atoms in total. The first-order valence-corrected chi connectivity index (χ1v) is 7.25. The Labute approximate surface area is 139 Å². The molecule has 0 saturated carbocycles. The van der Waals surface area contributed by atoms with Crippen LogP contribution in [0.15, 0.2) is 84.9 Å². The van der Waals surface area contributed by atoms with Crippen LogP contribution >= 0.6 is 0 Å². The van der Waals surface area contributed by atoms with Gasteiger partial charge >= 0.3 is 0 Å². The van der Waals surface area contributed by atoms with E-state index in [-0.39, 0.29) is 11.5 Å². The van der Waals surface area contributed by atoms with Gasteiger partial charge < -0.3 is 10.2 Å². The minimum absolute atomic E-state index is 0.169. The first-order valence-electron chi connectivity index (χ1n) is 7.25. The molecule has 0 aliphatic rings. The molecule has 0 spiro atoms. The molecule has 3 aromatic carbocycles. The van der Waals surface area contributed by atoms with Crippen LogP contribution in [0.5, 0.6) is 11.5 Å². The third kappa shape index (κ3) is 4.81. The van der Waals surface area contributed by atoms with Gasteiger partial charge in [-0.25, -0.2) is 0 Å². The van der Waals surface area contributed by atoms with Crippen LogP contribution in [0.3, 0.4) is 0 Å². The van der Waals surface area contributed by atoms with Crippen molar-refractivity contribution in [1.29, 1.82) is 0 Å². The molecule has 120 valence electrons. The highest BCUT2D eigenvalue weighted by molar-refractivity contribution is 6.49. The number of carbonyl (C=O) groups excluding carboxylic acids is 2. The molecule has 4 heteroatoms. The van der Waals surface area contributed by atoms with E-state index in [4.69, 9.17) is 10.2 Å². The summed E-state index contributed by atoms with van der Waals surface area (Å²) in [5, 5.41) is 17.3. The number of carbonyl (C=O) groups is 2. The summed E-state index contributed by atoms with van der Waals surface area (Å²) >= 11 is 0. The zero-order chi connectivity index (χ0) is 17.4. The third-order valence-corrected chi connectivity index (χ3v) is 3.13. The Kier molecular flexibility index (Phi) is 5.86. The fourth-order valence-electron chi connectivity index (χ4n) is 1.89. The topological polar surface area (TPSA) is 74.6 Å². The normalized spacial score (nSPS) is 9.50. The molecule has 3 rings (SSSR count). The van der Waals surface area contributed by atoms with Crippen LogP contribution in [0, 0.1) is 0 Å². The number of benzene rings is 3. The number of aromatic hydroxyl groups is 2. The Hall–Kier alpha value is -3.40. The summed E-state index contributed by atoms with van der Waals surface area (Å²) in [4.78, 5) is 23.6. The van der Waals surface area contributed by atoms with Gasteiger partial charge in [0.25, 0.3) is 0 Å². The van der Waals surface area contributed by atoms with Crippen LogP contribution in [0.1, 0.15) is 20.7 Å². The number of Topliss-reactive ketones (excluding diaryl/α,β-unsaturated/α-hetero) is 2. The van der Waals surface area contributed by atoms with Gasteiger partial charge in [0.2, 0.25) is 11.6 Å². The molecule has 24 heavy (non-hydrogen) atoms. The summed E-state index contributed by atoms with van der Waals surface area (Å²) in [6.07, 6.45) is 0. The predicted octanol–water partition coefficient (Wildman–Crippen LogP) is 3.85. The van der Waals surface area contributed by atoms with Gasteiger partial charge in [-0.05, 0) is 24.3 Å². The van der Waals surface area contributed by atoms with Gasteiger partial charge in [-0.15, -0.1) is 0 Å². The van der Waals surface area contributed by atoms with Crippen molar-refractivity contribution in [2.75, 3.05) is 0 Å². The van der Waals surface area contributed by atoms with E-state index in [9.17, 15) is 9.59 Å². The number of rotatable bonds is 3. The van der Waals surface area contributed by atoms with Crippen molar-refractivity contribution in [1.82, 2.24) is 0 Å². The van der Waals surface area contributed by atoms with Crippen molar-refractivity contribution in [2.45, 2.75) is 0 Å². The van der Waals surface area contributed by atoms with Crippen molar-refractivity contribution >= 4 is 11.6 Å². The van der Waals surface area contributed by atoms with Crippen molar-refractivity contribution in [3.05, 3.63) is 96.1 Å². The summed E-state index contributed by atoms with van der Waals surface area (Å²) in [6, 6.07) is 22.9. The maximum absolute atomic E-state index is 11.8. The van der Waals surface area contributed by atoms with Gasteiger partial charge in [0.15, 0.2) is 0 Å². The Morgan fingerprint density at radius 2 is 0.792 bits per heavy atom. The lowest BCUT2D eigenvalue weighted by Gasteiger charge is -1.99. The predicted molar refractivity (Wildman–Crippen MR) is 91.3 cm³/mol. The van der Waals surface area contributed by atoms with E-state index in [0.29, 0.717) is 11.1 Å². The number of hydrogen-bond donors (Lipinski definition) is 2. The van der Waals surface area contributed by atoms with Crippen LogP contribution < -0.4 is 0 Å². The molecular formula is C20H16O4. The summed E-state index contributed by atoms with van der Waals surface area (Å²) < 4.78 is 0. The fraction of sp³-hybridized carbons (Fsp3) is 0. The zero-order valence-corrected chi connectivity index (χ0v) is 12.8. The van der Waals surface area contributed by atoms with Crippen LogP contribution in [-0.2, 0) is 0 Å². The fourth-order valence-corrected chi connectivity index (χ4v) is 1.89. The molecular weight excluding hydrogens is 304 g/mol. The molecule has 3 aromatic rings. The molecule has 0 heterocycles. The molecule has 0 bridgehead atoms. The average Bonchev–Trinajstić information content (AvgIpc) is 2.65. The molecule has 0 aliphatic heterocycles. The zero-order valence-electron chi connectivity index (χ0n) is 12.8. The smallest absolute Gasteiger partial charge is 0.233 e. The van der Waals surface area contributed by atoms with E-state index in [0.717, 1.165) is 0 Å². The summed E-state index contributed by atoms with van der Waals surface area (Å²) in [5.41, 5.74) is 0.854. The summed E-state index contributed by atoms with van der Waals surface area (Å²) in [7, 11) is 0. The standard InChI is InChI=1S/C14H10O2.C6H6O2/c15-13(11-7-3-1-4-8-11)14(16)12-9-5-2-6-10-12;7-5-1-2-6(8)4-3-5/h1-10H;1-4,7-8H. The molecule has 0 atom stereocenters. The maximum Gasteiger partial charge on any atom is 0.233 e. The lowest BCUT2D eigenvalue weighted by molar-refractivity contribution is 0.0817. The van der Waals surface area contributed by atoms with Gasteiger partial charge in [-0.1, -0.05) is 60.7 Å². The Morgan fingerprint density at radius 1 is 0.500 bits per heavy atom. The van der Waals surface area contributed by atoms with Gasteiger partial charge in [0.05, 0.1) is 0 Å². The van der Waals surface area contributed by atoms with E-state index in [1.807, 2.05) is 12.1 Å². The number of hydrogen-bond acceptors (Lipinski definition) is 4. The van der Waals surface area contributed by atoms with E-state index < -0.39 is 11.6 Å². The number of phenols is 2. The monoisotopic (exact) mass is 320 g/mol. The quantitative estimate of drug-likeness (QED) is 0.437. The Balaban J connectivity index is 0.000000219. The highest BCUT2D eigenvalue weighted by Gasteiger charge is 2.16. The van der Waals surface area contributed by atoms with E-state index in [1.165, 1.54) is 24.3 Å². The van der Waals surface area contributed by atoms with Crippen molar-refractivity contribution in [3.63, 3.8) is 0 Å². The largest absolute Gasteiger partial charge is 0.508 e. The molecule has 2 N–H and O–H groups in total. The average molecular weight is 320 g/mol. The molecule has 0 radical (unpaired) electrons. The molecule has 0 aliphatic carbocycles. The minimum atomic E-state index is -0.466. The van der Waals surface area contributed by atoms with Crippen LogP contribution in [-0.4, -0.2) is 21.8 Å². The second-order valence-electron chi connectivity index (χ2n) is 4.91. The molecule has 0 unspecified atom stereocenters. The van der Waals surface area contributed by atoms with Gasteiger partial charge in [-0.3, -0.25) is 9.59 Å². The third-order valence-electron chi connectivity index (χ3n) is 3.13. The van der Waals surface area contributed by atoms with Crippen molar-refractivity contribution < 1.29 is 19.8 Å². The lowest BCUT2D eigenvalue weighted by atomic mass is 10.0. The van der Waals surface area contributed by atoms with Crippen LogP contribution in [0.25, 0.3) is 0 Å². The van der Waals surface area contributed by atoms with Gasteiger partial charge in [0.1, 0.15) is 11.5 Å². The Bertz CT molecular complexity index is 724. The van der Waals surface area contributed by atoms with Crippen LogP contribution in [0.4, 0.5) is 0 Å². The summed E-state index contributed by atoms with van der Waals surface area (Å²) in [5.74, 6) is -0.593. The second kappa shape index (κ2) is 8.29. The molecule has 0 saturated heterocycles. The highest BCUT2D eigenvalue weighted by atomic mass is 16.3. The van der Waals surface area contributed by atoms with E-state index >= 15 is 0 Å². The first-order chi connectivity index (χ1) is 11.6. The van der Waals surface area contributed by atoms with E-state index in [1.54, 1.807) is 48.5 Å². The van der Waals surface area contributed by atoms with E-state index in [2.05, 4.69) is 0 Å². The molecule has 0 amide bonds. The van der Waals surface area contributed by atoms with Crippen molar-refractivity contribution in [2.24, 2.45) is 0 Å². The SMILES string of the molecule is O=C(C(=O)c1ccccc1)c1ccccc1.Oc1ccc(O)cc1. The van der Waals surface area contributed by atoms with Gasteiger partial charge in [-0.2, -0.15) is 0 Å². The van der Waals surface area contributed by atoms with Gasteiger partial charge in [0, 0.05) is 11.1 Å². The Morgan fingerprint density at radius 3 is 1.08 bits per heavy atom. The molecule has 0 aromatic heterocycles. The first kappa shape index (κ1) is 17.0. The number of phenolic OH excluding ortho intramolecular Hbond substituents is 2. The summed E-state index contributed by atoms with van der Waals surface area (Å²) in [6.45, 7) is 0. The lowest BCUT2D eigenvalue weighted by Crippen LogP contribution is -2.14. The molecule has 0 fully saturated rings. The van der Waals surface area contributed by atoms with Crippen LogP contribution in [0.2, 0.25) is 0 Å². The second-order valence-corrected chi connectivity index (χ2v) is 4.91. The number of ketones is 2. The van der Waals surface area contributed by atoms with Crippen molar-refractivity contribution in [3.8, 4) is 11.5 Å². The maximum atomic E-state index is 11.8.